The van der Waals surface area contributed by atoms with E-state index in [9.17, 15) is 13.2 Å². The molecule has 0 saturated carbocycles. The van der Waals surface area contributed by atoms with Crippen LogP contribution in [-0.2, 0) is 12.8 Å². The van der Waals surface area contributed by atoms with Crippen LogP contribution in [-0.4, -0.2) is 12.0 Å². The lowest BCUT2D eigenvalue weighted by Gasteiger charge is -2.13. The van der Waals surface area contributed by atoms with Crippen LogP contribution >= 0.6 is 0 Å². The van der Waals surface area contributed by atoms with Crippen LogP contribution < -0.4 is 5.32 Å². The van der Waals surface area contributed by atoms with E-state index in [-0.39, 0.29) is 10.9 Å². The fraction of sp³-hybridized carbons (Fsp3) is 0.308. The van der Waals surface area contributed by atoms with Gasteiger partial charge in [0.25, 0.3) is 0 Å². The van der Waals surface area contributed by atoms with E-state index >= 15 is 0 Å². The van der Waals surface area contributed by atoms with Crippen LogP contribution in [0.4, 0.5) is 18.9 Å². The first-order valence-electron chi connectivity index (χ1n) is 5.80. The van der Waals surface area contributed by atoms with Crippen LogP contribution in [0, 0.1) is 17.5 Å². The van der Waals surface area contributed by atoms with Gasteiger partial charge in [-0.1, -0.05) is 0 Å². The number of aryl methyl sites for hydroxylation is 1. The normalized spacial score (nSPS) is 14.0. The molecule has 94 valence electrons. The average molecular weight is 252 g/mol. The lowest BCUT2D eigenvalue weighted by Crippen LogP contribution is -2.03. The number of aromatic nitrogens is 1. The number of halogens is 3. The summed E-state index contributed by atoms with van der Waals surface area (Å²) in [5, 5.41) is 2.76. The van der Waals surface area contributed by atoms with Crippen molar-refractivity contribution in [1.29, 1.82) is 0 Å². The van der Waals surface area contributed by atoms with Crippen molar-refractivity contribution < 1.29 is 13.2 Å². The number of fused-ring (bicyclic) bond motifs is 2. The molecule has 1 heterocycles. The van der Waals surface area contributed by atoms with Gasteiger partial charge in [0.05, 0.1) is 11.1 Å². The molecule has 1 aromatic carbocycles. The Morgan fingerprint density at radius 2 is 1.94 bits per heavy atom. The molecule has 0 atom stereocenters. The predicted molar refractivity (Wildman–Crippen MR) is 63.2 cm³/mol. The smallest absolute Gasteiger partial charge is 0.170 e. The standard InChI is InChI=1S/C13H11F3N2/c1-17-12-6-3-2-4-9(6)18-13-8(15)5-7(14)11(16)10(12)13/h5H,2-4H2,1H3,(H,17,18). The molecule has 0 spiro atoms. The molecule has 0 amide bonds. The van der Waals surface area contributed by atoms with E-state index in [1.165, 1.54) is 0 Å². The van der Waals surface area contributed by atoms with Gasteiger partial charge in [-0.15, -0.1) is 0 Å². The topological polar surface area (TPSA) is 24.9 Å². The first kappa shape index (κ1) is 11.3. The number of pyridine rings is 1. The summed E-state index contributed by atoms with van der Waals surface area (Å²) < 4.78 is 40.9. The van der Waals surface area contributed by atoms with Gasteiger partial charge in [0.15, 0.2) is 17.5 Å². The molecule has 1 aliphatic carbocycles. The molecule has 3 rings (SSSR count). The first-order valence-corrected chi connectivity index (χ1v) is 5.80. The Kier molecular flexibility index (Phi) is 2.43. The van der Waals surface area contributed by atoms with Crippen LogP contribution in [0.2, 0.25) is 0 Å². The number of rotatable bonds is 1. The van der Waals surface area contributed by atoms with E-state index in [0.29, 0.717) is 11.8 Å². The predicted octanol–water partition coefficient (Wildman–Crippen LogP) is 3.18. The van der Waals surface area contributed by atoms with Gasteiger partial charge in [0, 0.05) is 18.8 Å². The zero-order valence-electron chi connectivity index (χ0n) is 9.78. The molecule has 5 heteroatoms. The Morgan fingerprint density at radius 1 is 1.17 bits per heavy atom. The fourth-order valence-electron chi connectivity index (χ4n) is 2.61. The SMILES string of the molecule is CNc1c2c(nc3c(F)cc(F)c(F)c13)CCC2. The Labute approximate surface area is 102 Å². The van der Waals surface area contributed by atoms with E-state index < -0.39 is 17.5 Å². The lowest BCUT2D eigenvalue weighted by molar-refractivity contribution is 0.505. The number of hydrogen-bond acceptors (Lipinski definition) is 2. The summed E-state index contributed by atoms with van der Waals surface area (Å²) in [6.45, 7) is 0. The van der Waals surface area contributed by atoms with Crippen LogP contribution in [0.3, 0.4) is 0 Å². The second kappa shape index (κ2) is 3.86. The largest absolute Gasteiger partial charge is 0.387 e. The highest BCUT2D eigenvalue weighted by molar-refractivity contribution is 5.94. The Hall–Kier alpha value is -1.78. The molecule has 1 N–H and O–H groups in total. The fourth-order valence-corrected chi connectivity index (χ4v) is 2.61. The van der Waals surface area contributed by atoms with Crippen molar-refractivity contribution in [3.05, 3.63) is 34.8 Å². The second-order valence-corrected chi connectivity index (χ2v) is 4.39. The van der Waals surface area contributed by atoms with Gasteiger partial charge >= 0.3 is 0 Å². The number of benzene rings is 1. The van der Waals surface area contributed by atoms with E-state index in [0.717, 1.165) is 30.5 Å². The summed E-state index contributed by atoms with van der Waals surface area (Å²) in [6, 6.07) is 0.547. The summed E-state index contributed by atoms with van der Waals surface area (Å²) in [6.07, 6.45) is 2.41. The Balaban J connectivity index is 2.51. The van der Waals surface area contributed by atoms with E-state index in [4.69, 9.17) is 0 Å². The van der Waals surface area contributed by atoms with Crippen molar-refractivity contribution in [3.8, 4) is 0 Å². The van der Waals surface area contributed by atoms with Crippen molar-refractivity contribution in [2.24, 2.45) is 0 Å². The van der Waals surface area contributed by atoms with Crippen LogP contribution in [0.5, 0.6) is 0 Å². The third-order valence-electron chi connectivity index (χ3n) is 3.38. The van der Waals surface area contributed by atoms with Crippen molar-refractivity contribution in [2.75, 3.05) is 12.4 Å². The summed E-state index contributed by atoms with van der Waals surface area (Å²) in [5.74, 6) is -3.05. The van der Waals surface area contributed by atoms with Crippen molar-refractivity contribution >= 4 is 16.6 Å². The minimum atomic E-state index is -1.18. The molecule has 0 bridgehead atoms. The van der Waals surface area contributed by atoms with Crippen LogP contribution in [0.15, 0.2) is 6.07 Å². The maximum absolute atomic E-state index is 13.9. The molecule has 0 unspecified atom stereocenters. The van der Waals surface area contributed by atoms with Crippen molar-refractivity contribution in [3.63, 3.8) is 0 Å². The van der Waals surface area contributed by atoms with Gasteiger partial charge in [-0.05, 0) is 24.8 Å². The maximum Gasteiger partial charge on any atom is 0.170 e. The molecule has 2 aromatic rings. The molecule has 0 aliphatic heterocycles. The average Bonchev–Trinajstić information content (AvgIpc) is 2.81. The molecule has 0 fully saturated rings. The van der Waals surface area contributed by atoms with Crippen LogP contribution in [0.25, 0.3) is 10.9 Å². The molecule has 1 aromatic heterocycles. The number of anilines is 1. The summed E-state index contributed by atoms with van der Waals surface area (Å²) in [5.41, 5.74) is 2.01. The lowest BCUT2D eigenvalue weighted by atomic mass is 10.1. The molecule has 1 aliphatic rings. The summed E-state index contributed by atoms with van der Waals surface area (Å²) in [7, 11) is 1.62. The maximum atomic E-state index is 13.9. The van der Waals surface area contributed by atoms with Crippen molar-refractivity contribution in [1.82, 2.24) is 4.98 Å². The third kappa shape index (κ3) is 1.39. The van der Waals surface area contributed by atoms with Gasteiger partial charge in [0.2, 0.25) is 0 Å². The summed E-state index contributed by atoms with van der Waals surface area (Å²) >= 11 is 0. The van der Waals surface area contributed by atoms with E-state index in [2.05, 4.69) is 10.3 Å². The molecule has 2 nitrogen and oxygen atoms in total. The van der Waals surface area contributed by atoms with E-state index in [1.54, 1.807) is 7.05 Å². The zero-order chi connectivity index (χ0) is 12.9. The highest BCUT2D eigenvalue weighted by Gasteiger charge is 2.24. The summed E-state index contributed by atoms with van der Waals surface area (Å²) in [4.78, 5) is 4.14. The van der Waals surface area contributed by atoms with Crippen LogP contribution in [0.1, 0.15) is 17.7 Å². The van der Waals surface area contributed by atoms with Gasteiger partial charge in [-0.2, -0.15) is 0 Å². The molecule has 0 saturated heterocycles. The number of nitrogens with zero attached hydrogens (tertiary/aromatic N) is 1. The van der Waals surface area contributed by atoms with Crippen molar-refractivity contribution in [2.45, 2.75) is 19.3 Å². The second-order valence-electron chi connectivity index (χ2n) is 4.39. The monoisotopic (exact) mass is 252 g/mol. The Bertz CT molecular complexity index is 653. The minimum absolute atomic E-state index is 0.0874. The van der Waals surface area contributed by atoms with Gasteiger partial charge < -0.3 is 5.32 Å². The quantitative estimate of drug-likeness (QED) is 0.788. The van der Waals surface area contributed by atoms with Gasteiger partial charge in [-0.25, -0.2) is 18.2 Å². The Morgan fingerprint density at radius 3 is 2.67 bits per heavy atom. The molecular weight excluding hydrogens is 241 g/mol. The highest BCUT2D eigenvalue weighted by Crippen LogP contribution is 2.36. The van der Waals surface area contributed by atoms with Gasteiger partial charge in [-0.3, -0.25) is 0 Å². The molecule has 18 heavy (non-hydrogen) atoms. The first-order chi connectivity index (χ1) is 8.63. The molecular formula is C13H11F3N2. The van der Waals surface area contributed by atoms with Gasteiger partial charge in [0.1, 0.15) is 5.52 Å². The molecule has 0 radical (unpaired) electrons. The minimum Gasteiger partial charge on any atom is -0.387 e. The third-order valence-corrected chi connectivity index (χ3v) is 3.38. The van der Waals surface area contributed by atoms with E-state index in [1.807, 2.05) is 0 Å². The number of hydrogen-bond donors (Lipinski definition) is 1. The highest BCUT2D eigenvalue weighted by atomic mass is 19.2. The zero-order valence-corrected chi connectivity index (χ0v) is 9.78. The number of nitrogens with one attached hydrogen (secondary N) is 1.